The molecule has 1 saturated heterocycles. The van der Waals surface area contributed by atoms with Gasteiger partial charge in [-0.05, 0) is 19.3 Å². The lowest BCUT2D eigenvalue weighted by Crippen LogP contribution is -2.49. The quantitative estimate of drug-likeness (QED) is 0.511. The van der Waals surface area contributed by atoms with Crippen LogP contribution in [-0.2, 0) is 4.79 Å². The third-order valence-corrected chi connectivity index (χ3v) is 3.15. The van der Waals surface area contributed by atoms with E-state index < -0.39 is 0 Å². The minimum Gasteiger partial charge on any atom is -0.357 e. The van der Waals surface area contributed by atoms with Gasteiger partial charge in [0.25, 0.3) is 0 Å². The van der Waals surface area contributed by atoms with Crippen molar-refractivity contribution in [3.8, 4) is 0 Å². The zero-order valence-corrected chi connectivity index (χ0v) is 10.4. The van der Waals surface area contributed by atoms with Gasteiger partial charge in [0.2, 0.25) is 5.91 Å². The summed E-state index contributed by atoms with van der Waals surface area (Å²) in [5, 5.41) is 2.70. The molecule has 1 aliphatic rings. The molecule has 1 fully saturated rings. The molecule has 1 aliphatic heterocycles. The van der Waals surface area contributed by atoms with Gasteiger partial charge in [-0.25, -0.2) is 15.8 Å². The molecule has 1 unspecified atom stereocenters. The number of rotatable bonds is 3. The molecular weight excluding hydrogens is 232 g/mol. The van der Waals surface area contributed by atoms with Crippen molar-refractivity contribution in [1.82, 2.24) is 15.3 Å². The number of hydrogen-bond acceptors (Lipinski definition) is 6. The first-order valence-corrected chi connectivity index (χ1v) is 6.03. The second-order valence-electron chi connectivity index (χ2n) is 4.23. The van der Waals surface area contributed by atoms with Gasteiger partial charge in [0.15, 0.2) is 0 Å². The summed E-state index contributed by atoms with van der Waals surface area (Å²) in [5.74, 6) is 6.63. The zero-order chi connectivity index (χ0) is 13.0. The van der Waals surface area contributed by atoms with Gasteiger partial charge in [-0.3, -0.25) is 4.79 Å². The highest BCUT2D eigenvalue weighted by molar-refractivity contribution is 5.85. The van der Waals surface area contributed by atoms with E-state index in [1.165, 1.54) is 6.33 Å². The fraction of sp³-hybridized carbons (Fsp3) is 0.545. The molecule has 18 heavy (non-hydrogen) atoms. The highest BCUT2D eigenvalue weighted by Crippen LogP contribution is 2.24. The number of hydrogen-bond donors (Lipinski definition) is 3. The van der Waals surface area contributed by atoms with Crippen molar-refractivity contribution in [3.05, 3.63) is 12.4 Å². The Morgan fingerprint density at radius 2 is 2.33 bits per heavy atom. The summed E-state index contributed by atoms with van der Waals surface area (Å²) in [4.78, 5) is 22.1. The van der Waals surface area contributed by atoms with Gasteiger partial charge < -0.3 is 15.6 Å². The maximum atomic E-state index is 11.9. The zero-order valence-electron chi connectivity index (χ0n) is 10.4. The molecular formula is C11H18N6O. The normalized spacial score (nSPS) is 19.4. The van der Waals surface area contributed by atoms with Crippen molar-refractivity contribution in [2.24, 2.45) is 5.84 Å². The molecule has 2 rings (SSSR count). The van der Waals surface area contributed by atoms with Gasteiger partial charge in [0.1, 0.15) is 24.0 Å². The average molecular weight is 250 g/mol. The Morgan fingerprint density at radius 1 is 1.50 bits per heavy atom. The molecule has 4 N–H and O–H groups in total. The standard InChI is InChI=1S/C11H18N6O/c1-13-11(18)8-4-2-3-5-17(8)10-6-9(16-12)14-7-15-10/h6-8H,2-5,12H2,1H3,(H,13,18)(H,14,15,16). The second-order valence-corrected chi connectivity index (χ2v) is 4.23. The van der Waals surface area contributed by atoms with Gasteiger partial charge in [-0.15, -0.1) is 0 Å². The summed E-state index contributed by atoms with van der Waals surface area (Å²) in [6.07, 6.45) is 4.40. The van der Waals surface area contributed by atoms with E-state index in [2.05, 4.69) is 20.7 Å². The van der Waals surface area contributed by atoms with Crippen molar-refractivity contribution < 1.29 is 4.79 Å². The van der Waals surface area contributed by atoms with Gasteiger partial charge in [-0.1, -0.05) is 0 Å². The van der Waals surface area contributed by atoms with E-state index in [0.717, 1.165) is 31.6 Å². The van der Waals surface area contributed by atoms with Crippen LogP contribution in [0.1, 0.15) is 19.3 Å². The number of carbonyl (C=O) groups excluding carboxylic acids is 1. The summed E-state index contributed by atoms with van der Waals surface area (Å²) in [6, 6.07) is 1.59. The topological polar surface area (TPSA) is 96.2 Å². The van der Waals surface area contributed by atoms with Crippen LogP contribution in [0.4, 0.5) is 11.6 Å². The molecule has 1 aromatic heterocycles. The fourth-order valence-corrected chi connectivity index (χ4v) is 2.23. The first-order chi connectivity index (χ1) is 8.76. The highest BCUT2D eigenvalue weighted by atomic mass is 16.2. The van der Waals surface area contributed by atoms with Crippen LogP contribution >= 0.6 is 0 Å². The lowest BCUT2D eigenvalue weighted by Gasteiger charge is -2.35. The van der Waals surface area contributed by atoms with Crippen LogP contribution in [0.25, 0.3) is 0 Å². The summed E-state index contributed by atoms with van der Waals surface area (Å²) >= 11 is 0. The molecule has 0 radical (unpaired) electrons. The molecule has 2 heterocycles. The summed E-state index contributed by atoms with van der Waals surface area (Å²) in [7, 11) is 1.65. The van der Waals surface area contributed by atoms with E-state index in [-0.39, 0.29) is 11.9 Å². The number of carbonyl (C=O) groups is 1. The molecule has 0 aromatic carbocycles. The van der Waals surface area contributed by atoms with Gasteiger partial charge in [-0.2, -0.15) is 0 Å². The number of likely N-dealkylation sites (N-methyl/N-ethyl adjacent to an activating group) is 1. The van der Waals surface area contributed by atoms with Gasteiger partial charge in [0, 0.05) is 19.7 Å². The number of nitrogens with two attached hydrogens (primary N) is 1. The Balaban J connectivity index is 2.24. The number of aromatic nitrogens is 2. The third-order valence-electron chi connectivity index (χ3n) is 3.15. The number of nitrogens with zero attached hydrogens (tertiary/aromatic N) is 3. The Labute approximate surface area is 106 Å². The highest BCUT2D eigenvalue weighted by Gasteiger charge is 2.29. The van der Waals surface area contributed by atoms with Crippen LogP contribution in [0, 0.1) is 0 Å². The lowest BCUT2D eigenvalue weighted by molar-refractivity contribution is -0.122. The maximum absolute atomic E-state index is 11.9. The van der Waals surface area contributed by atoms with Crippen LogP contribution < -0.4 is 21.5 Å². The average Bonchev–Trinajstić information content (AvgIpc) is 2.46. The van der Waals surface area contributed by atoms with E-state index in [9.17, 15) is 4.79 Å². The van der Waals surface area contributed by atoms with Crippen LogP contribution in [0.15, 0.2) is 12.4 Å². The lowest BCUT2D eigenvalue weighted by atomic mass is 10.0. The molecule has 0 bridgehead atoms. The van der Waals surface area contributed by atoms with E-state index in [1.807, 2.05) is 4.90 Å². The third kappa shape index (κ3) is 2.51. The van der Waals surface area contributed by atoms with E-state index in [0.29, 0.717) is 5.82 Å². The Kier molecular flexibility index (Phi) is 3.93. The first-order valence-electron chi connectivity index (χ1n) is 6.03. The van der Waals surface area contributed by atoms with E-state index >= 15 is 0 Å². The SMILES string of the molecule is CNC(=O)C1CCCCN1c1cc(NN)ncn1. The minimum atomic E-state index is -0.163. The van der Waals surface area contributed by atoms with Crippen molar-refractivity contribution in [1.29, 1.82) is 0 Å². The first kappa shape index (κ1) is 12.6. The second kappa shape index (κ2) is 5.63. The predicted octanol–water partition coefficient (Wildman–Crippen LogP) is -0.133. The molecule has 0 spiro atoms. The van der Waals surface area contributed by atoms with Gasteiger partial charge in [0.05, 0.1) is 0 Å². The van der Waals surface area contributed by atoms with Crippen molar-refractivity contribution in [2.45, 2.75) is 25.3 Å². The fourth-order valence-electron chi connectivity index (χ4n) is 2.23. The Hall–Kier alpha value is -1.89. The molecule has 1 atom stereocenters. The smallest absolute Gasteiger partial charge is 0.242 e. The van der Waals surface area contributed by atoms with E-state index in [1.54, 1.807) is 13.1 Å². The number of amides is 1. The van der Waals surface area contributed by atoms with Crippen LogP contribution in [0.5, 0.6) is 0 Å². The number of nitrogens with one attached hydrogen (secondary N) is 2. The predicted molar refractivity (Wildman–Crippen MR) is 68.9 cm³/mol. The maximum Gasteiger partial charge on any atom is 0.242 e. The summed E-state index contributed by atoms with van der Waals surface area (Å²) in [5.41, 5.74) is 2.49. The van der Waals surface area contributed by atoms with Gasteiger partial charge >= 0.3 is 0 Å². The molecule has 1 amide bonds. The van der Waals surface area contributed by atoms with Crippen LogP contribution in [0.2, 0.25) is 0 Å². The molecule has 98 valence electrons. The largest absolute Gasteiger partial charge is 0.357 e. The van der Waals surface area contributed by atoms with Crippen molar-refractivity contribution >= 4 is 17.5 Å². The number of hydrazine groups is 1. The van der Waals surface area contributed by atoms with E-state index in [4.69, 9.17) is 5.84 Å². The molecule has 7 nitrogen and oxygen atoms in total. The summed E-state index contributed by atoms with van der Waals surface area (Å²) in [6.45, 7) is 0.819. The number of anilines is 2. The van der Waals surface area contributed by atoms with Crippen LogP contribution in [0.3, 0.4) is 0 Å². The summed E-state index contributed by atoms with van der Waals surface area (Å²) < 4.78 is 0. The number of piperidine rings is 1. The molecule has 0 aliphatic carbocycles. The molecule has 7 heteroatoms. The minimum absolute atomic E-state index is 0.0237. The Bertz CT molecular complexity index is 424. The number of nitrogen functional groups attached to an aromatic ring is 1. The molecule has 0 saturated carbocycles. The monoisotopic (exact) mass is 250 g/mol. The van der Waals surface area contributed by atoms with Crippen molar-refractivity contribution in [2.75, 3.05) is 23.9 Å². The van der Waals surface area contributed by atoms with Crippen LogP contribution in [-0.4, -0.2) is 35.5 Å². The Morgan fingerprint density at radius 3 is 3.06 bits per heavy atom. The molecule has 1 aromatic rings. The van der Waals surface area contributed by atoms with Crippen molar-refractivity contribution in [3.63, 3.8) is 0 Å².